The van der Waals surface area contributed by atoms with Crippen molar-refractivity contribution < 1.29 is 4.79 Å². The highest BCUT2D eigenvalue weighted by Gasteiger charge is 2.11. The minimum atomic E-state index is -0.0801. The third-order valence-electron chi connectivity index (χ3n) is 2.90. The Hall–Kier alpha value is -1.72. The second kappa shape index (κ2) is 6.63. The van der Waals surface area contributed by atoms with Gasteiger partial charge in [0.05, 0.1) is 0 Å². The van der Waals surface area contributed by atoms with Crippen LogP contribution in [0.3, 0.4) is 0 Å². The van der Waals surface area contributed by atoms with Crippen molar-refractivity contribution in [3.05, 3.63) is 57.8 Å². The normalized spacial score (nSPS) is 11.8. The van der Waals surface area contributed by atoms with Gasteiger partial charge in [0.1, 0.15) is 4.99 Å². The van der Waals surface area contributed by atoms with Crippen LogP contribution in [0.2, 0.25) is 0 Å². The quantitative estimate of drug-likeness (QED) is 0.835. The summed E-state index contributed by atoms with van der Waals surface area (Å²) >= 11 is 6.58. The van der Waals surface area contributed by atoms with Gasteiger partial charge in [-0.3, -0.25) is 4.79 Å². The number of hydrogen-bond donors (Lipinski definition) is 2. The van der Waals surface area contributed by atoms with E-state index in [9.17, 15) is 4.79 Å². The Morgan fingerprint density at radius 1 is 1.30 bits per heavy atom. The summed E-state index contributed by atoms with van der Waals surface area (Å²) in [7, 11) is 0. The third-order valence-corrected chi connectivity index (χ3v) is 4.03. The van der Waals surface area contributed by atoms with Gasteiger partial charge < -0.3 is 11.1 Å². The van der Waals surface area contributed by atoms with Crippen LogP contribution in [-0.4, -0.2) is 16.9 Å². The van der Waals surface area contributed by atoms with E-state index < -0.39 is 0 Å². The molecule has 3 N–H and O–H groups in total. The zero-order chi connectivity index (χ0) is 14.5. The molecule has 5 heteroatoms. The molecule has 3 nitrogen and oxygen atoms in total. The molecule has 0 saturated heterocycles. The summed E-state index contributed by atoms with van der Waals surface area (Å²) in [5.74, 6) is -0.0801. The summed E-state index contributed by atoms with van der Waals surface area (Å²) in [5, 5.41) is 5.03. The fourth-order valence-electron chi connectivity index (χ4n) is 1.87. The average molecular weight is 304 g/mol. The molecule has 2 aromatic rings. The molecule has 1 aromatic heterocycles. The number of nitrogens with two attached hydrogens (primary N) is 1. The maximum atomic E-state index is 12.1. The molecule has 1 unspecified atom stereocenters. The van der Waals surface area contributed by atoms with Gasteiger partial charge in [-0.25, -0.2) is 0 Å². The van der Waals surface area contributed by atoms with Gasteiger partial charge in [-0.2, -0.15) is 0 Å². The molecule has 0 radical (unpaired) electrons. The third kappa shape index (κ3) is 3.88. The number of rotatable bonds is 5. The first-order valence-electron chi connectivity index (χ1n) is 6.29. The molecule has 104 valence electrons. The predicted octanol–water partition coefficient (Wildman–Crippen LogP) is 2.74. The van der Waals surface area contributed by atoms with Crippen LogP contribution < -0.4 is 11.1 Å². The standard InChI is InChI=1S/C15H16N2OS2/c1-10(9-13-3-2-8-20-13)17-15(18)12-6-4-11(5-7-12)14(16)19/h2-8,10H,9H2,1H3,(H2,16,19)(H,17,18). The molecule has 0 aliphatic rings. The molecule has 1 atom stereocenters. The smallest absolute Gasteiger partial charge is 0.251 e. The summed E-state index contributed by atoms with van der Waals surface area (Å²) in [6.07, 6.45) is 0.842. The highest BCUT2D eigenvalue weighted by atomic mass is 32.1. The molecular weight excluding hydrogens is 288 g/mol. The van der Waals surface area contributed by atoms with E-state index in [0.717, 1.165) is 12.0 Å². The lowest BCUT2D eigenvalue weighted by molar-refractivity contribution is 0.0940. The second-order valence-corrected chi connectivity index (χ2v) is 6.07. The van der Waals surface area contributed by atoms with Crippen LogP contribution in [-0.2, 0) is 6.42 Å². The van der Waals surface area contributed by atoms with E-state index in [4.69, 9.17) is 18.0 Å². The van der Waals surface area contributed by atoms with Crippen molar-refractivity contribution in [1.82, 2.24) is 5.32 Å². The van der Waals surface area contributed by atoms with Crippen LogP contribution in [0.25, 0.3) is 0 Å². The zero-order valence-electron chi connectivity index (χ0n) is 11.1. The van der Waals surface area contributed by atoms with Crippen molar-refractivity contribution in [2.24, 2.45) is 5.73 Å². The van der Waals surface area contributed by atoms with E-state index in [0.29, 0.717) is 10.6 Å². The van der Waals surface area contributed by atoms with Gasteiger partial charge in [0, 0.05) is 28.5 Å². The highest BCUT2D eigenvalue weighted by molar-refractivity contribution is 7.80. The number of carbonyl (C=O) groups is 1. The molecule has 1 aromatic carbocycles. The van der Waals surface area contributed by atoms with E-state index >= 15 is 0 Å². The molecule has 20 heavy (non-hydrogen) atoms. The van der Waals surface area contributed by atoms with Crippen molar-refractivity contribution in [3.8, 4) is 0 Å². The number of amides is 1. The minimum absolute atomic E-state index is 0.0801. The van der Waals surface area contributed by atoms with Crippen LogP contribution in [0.4, 0.5) is 0 Å². The van der Waals surface area contributed by atoms with Crippen LogP contribution in [0.5, 0.6) is 0 Å². The SMILES string of the molecule is CC(Cc1cccs1)NC(=O)c1ccc(C(N)=S)cc1. The van der Waals surface area contributed by atoms with E-state index in [-0.39, 0.29) is 11.9 Å². The lowest BCUT2D eigenvalue weighted by atomic mass is 10.1. The lowest BCUT2D eigenvalue weighted by Gasteiger charge is -2.13. The number of thiophene rings is 1. The maximum absolute atomic E-state index is 12.1. The van der Waals surface area contributed by atoms with Crippen LogP contribution in [0.1, 0.15) is 27.7 Å². The van der Waals surface area contributed by atoms with Crippen molar-refractivity contribution in [2.75, 3.05) is 0 Å². The Bertz CT molecular complexity index is 591. The van der Waals surface area contributed by atoms with Gasteiger partial charge in [-0.1, -0.05) is 30.4 Å². The molecule has 1 amide bonds. The molecule has 1 heterocycles. The molecule has 0 saturated carbocycles. The summed E-state index contributed by atoms with van der Waals surface area (Å²) in [6.45, 7) is 2.00. The fraction of sp³-hybridized carbons (Fsp3) is 0.200. The molecule has 2 rings (SSSR count). The largest absolute Gasteiger partial charge is 0.389 e. The predicted molar refractivity (Wildman–Crippen MR) is 87.3 cm³/mol. The summed E-state index contributed by atoms with van der Waals surface area (Å²) < 4.78 is 0. The van der Waals surface area contributed by atoms with E-state index in [1.54, 1.807) is 35.6 Å². The summed E-state index contributed by atoms with van der Waals surface area (Å²) in [4.78, 5) is 13.7. The first-order valence-corrected chi connectivity index (χ1v) is 7.58. The molecular formula is C15H16N2OS2. The topological polar surface area (TPSA) is 55.1 Å². The van der Waals surface area contributed by atoms with Gasteiger partial charge in [0.2, 0.25) is 0 Å². The van der Waals surface area contributed by atoms with Gasteiger partial charge >= 0.3 is 0 Å². The Morgan fingerprint density at radius 3 is 2.50 bits per heavy atom. The van der Waals surface area contributed by atoms with Gasteiger partial charge in [0.15, 0.2) is 0 Å². The number of nitrogens with one attached hydrogen (secondary N) is 1. The second-order valence-electron chi connectivity index (χ2n) is 4.60. The van der Waals surface area contributed by atoms with Crippen molar-refractivity contribution >= 4 is 34.5 Å². The van der Waals surface area contributed by atoms with Crippen LogP contribution in [0.15, 0.2) is 41.8 Å². The molecule has 0 spiro atoms. The van der Waals surface area contributed by atoms with Crippen LogP contribution in [0, 0.1) is 0 Å². The van der Waals surface area contributed by atoms with Gasteiger partial charge in [-0.15, -0.1) is 11.3 Å². The van der Waals surface area contributed by atoms with E-state index in [2.05, 4.69) is 11.4 Å². The zero-order valence-corrected chi connectivity index (χ0v) is 12.8. The van der Waals surface area contributed by atoms with E-state index in [1.807, 2.05) is 18.4 Å². The molecule has 0 aliphatic heterocycles. The lowest BCUT2D eigenvalue weighted by Crippen LogP contribution is -2.33. The monoisotopic (exact) mass is 304 g/mol. The van der Waals surface area contributed by atoms with Gasteiger partial charge in [0.25, 0.3) is 5.91 Å². The first-order chi connectivity index (χ1) is 9.56. The van der Waals surface area contributed by atoms with Crippen molar-refractivity contribution in [2.45, 2.75) is 19.4 Å². The summed E-state index contributed by atoms with van der Waals surface area (Å²) in [5.41, 5.74) is 6.91. The minimum Gasteiger partial charge on any atom is -0.389 e. The molecule has 0 aliphatic carbocycles. The Labute approximate surface area is 127 Å². The number of carbonyl (C=O) groups excluding carboxylic acids is 1. The maximum Gasteiger partial charge on any atom is 0.251 e. The summed E-state index contributed by atoms with van der Waals surface area (Å²) in [6, 6.07) is 11.2. The van der Waals surface area contributed by atoms with Crippen molar-refractivity contribution in [3.63, 3.8) is 0 Å². The Kier molecular flexibility index (Phi) is 4.87. The van der Waals surface area contributed by atoms with Crippen molar-refractivity contribution in [1.29, 1.82) is 0 Å². The fourth-order valence-corrected chi connectivity index (χ4v) is 2.85. The van der Waals surface area contributed by atoms with E-state index in [1.165, 1.54) is 4.88 Å². The first kappa shape index (κ1) is 14.7. The van der Waals surface area contributed by atoms with Crippen LogP contribution >= 0.6 is 23.6 Å². The highest BCUT2D eigenvalue weighted by Crippen LogP contribution is 2.11. The number of benzene rings is 1. The molecule has 0 fully saturated rings. The average Bonchev–Trinajstić information content (AvgIpc) is 2.91. The van der Waals surface area contributed by atoms with Gasteiger partial charge in [-0.05, 0) is 30.5 Å². The Balaban J connectivity index is 1.95. The number of thiocarbonyl (C=S) groups is 1. The molecule has 0 bridgehead atoms. The number of hydrogen-bond acceptors (Lipinski definition) is 3. The Morgan fingerprint density at radius 2 is 1.95 bits per heavy atom.